The lowest BCUT2D eigenvalue weighted by atomic mass is 10.0. The second kappa shape index (κ2) is 7.44. The minimum absolute atomic E-state index is 0.0490. The third kappa shape index (κ3) is 3.77. The van der Waals surface area contributed by atoms with E-state index < -0.39 is 5.79 Å². The summed E-state index contributed by atoms with van der Waals surface area (Å²) in [5.41, 5.74) is 1.44. The van der Waals surface area contributed by atoms with Crippen molar-refractivity contribution < 1.29 is 19.1 Å². The number of piperazine rings is 1. The number of rotatable bonds is 2. The van der Waals surface area contributed by atoms with Crippen LogP contribution in [0.2, 0.25) is 0 Å². The van der Waals surface area contributed by atoms with Crippen molar-refractivity contribution in [2.75, 3.05) is 57.4 Å². The lowest BCUT2D eigenvalue weighted by Gasteiger charge is -2.37. The molecule has 3 aliphatic rings. The Balaban J connectivity index is 1.39. The molecule has 0 N–H and O–H groups in total. The van der Waals surface area contributed by atoms with Crippen LogP contribution in [0.4, 0.5) is 5.69 Å². The van der Waals surface area contributed by atoms with Crippen molar-refractivity contribution in [1.29, 1.82) is 0 Å². The Morgan fingerprint density at radius 2 is 1.67 bits per heavy atom. The van der Waals surface area contributed by atoms with E-state index in [1.54, 1.807) is 13.1 Å². The molecule has 0 aromatic carbocycles. The zero-order chi connectivity index (χ0) is 18.9. The van der Waals surface area contributed by atoms with Crippen LogP contribution in [-0.4, -0.2) is 84.9 Å². The molecule has 1 aromatic heterocycles. The summed E-state index contributed by atoms with van der Waals surface area (Å²) in [4.78, 5) is 34.5. The summed E-state index contributed by atoms with van der Waals surface area (Å²) in [6.45, 7) is 7.02. The average molecular weight is 374 g/mol. The molecule has 3 fully saturated rings. The molecule has 4 rings (SSSR count). The molecular weight excluding hydrogens is 348 g/mol. The van der Waals surface area contributed by atoms with Gasteiger partial charge in [-0.2, -0.15) is 0 Å². The summed E-state index contributed by atoms with van der Waals surface area (Å²) in [7, 11) is 0. The Morgan fingerprint density at radius 1 is 1.00 bits per heavy atom. The molecule has 146 valence electrons. The van der Waals surface area contributed by atoms with Gasteiger partial charge < -0.3 is 24.2 Å². The van der Waals surface area contributed by atoms with E-state index in [0.29, 0.717) is 57.9 Å². The molecule has 0 atom stereocenters. The van der Waals surface area contributed by atoms with Gasteiger partial charge in [0, 0.05) is 70.9 Å². The second-order valence-electron chi connectivity index (χ2n) is 7.29. The molecule has 0 radical (unpaired) electrons. The zero-order valence-electron chi connectivity index (χ0n) is 15.7. The molecule has 2 amide bonds. The van der Waals surface area contributed by atoms with Crippen molar-refractivity contribution in [2.24, 2.45) is 0 Å². The van der Waals surface area contributed by atoms with Crippen molar-refractivity contribution in [3.8, 4) is 0 Å². The van der Waals surface area contributed by atoms with Gasteiger partial charge in [0.2, 0.25) is 5.91 Å². The highest BCUT2D eigenvalue weighted by molar-refractivity contribution is 5.93. The highest BCUT2D eigenvalue weighted by atomic mass is 16.7. The number of likely N-dealkylation sites (tertiary alicyclic amines) is 1. The van der Waals surface area contributed by atoms with Gasteiger partial charge in [0.1, 0.15) is 5.69 Å². The van der Waals surface area contributed by atoms with Gasteiger partial charge in [0.05, 0.1) is 13.2 Å². The quantitative estimate of drug-likeness (QED) is 0.760. The number of nitrogens with zero attached hydrogens (tertiary/aromatic N) is 4. The molecule has 0 saturated carbocycles. The van der Waals surface area contributed by atoms with E-state index in [9.17, 15) is 9.59 Å². The molecule has 0 unspecified atom stereocenters. The van der Waals surface area contributed by atoms with Crippen LogP contribution in [0.1, 0.15) is 30.3 Å². The van der Waals surface area contributed by atoms with Gasteiger partial charge in [-0.25, -0.2) is 0 Å². The van der Waals surface area contributed by atoms with Crippen LogP contribution >= 0.6 is 0 Å². The van der Waals surface area contributed by atoms with Crippen molar-refractivity contribution in [3.63, 3.8) is 0 Å². The van der Waals surface area contributed by atoms with Gasteiger partial charge in [0.15, 0.2) is 5.79 Å². The van der Waals surface area contributed by atoms with E-state index in [4.69, 9.17) is 9.47 Å². The number of pyridine rings is 1. The molecule has 4 heterocycles. The standard InChI is InChI=1S/C19H26N4O4/c1-15(24)21-8-10-22(11-9-21)16-2-5-20-17(14-16)18(25)23-6-3-19(4-7-23)26-12-13-27-19/h2,5,14H,3-4,6-13H2,1H3. The van der Waals surface area contributed by atoms with Crippen LogP contribution in [0, 0.1) is 0 Å². The predicted octanol–water partition coefficient (Wildman–Crippen LogP) is 0.729. The smallest absolute Gasteiger partial charge is 0.272 e. The topological polar surface area (TPSA) is 75.2 Å². The van der Waals surface area contributed by atoms with Crippen LogP contribution in [0.15, 0.2) is 18.3 Å². The largest absolute Gasteiger partial charge is 0.368 e. The molecule has 3 aliphatic heterocycles. The molecular formula is C19H26N4O4. The van der Waals surface area contributed by atoms with Gasteiger partial charge in [-0.05, 0) is 12.1 Å². The lowest BCUT2D eigenvalue weighted by Crippen LogP contribution is -2.48. The minimum Gasteiger partial charge on any atom is -0.368 e. The van der Waals surface area contributed by atoms with Crippen molar-refractivity contribution in [3.05, 3.63) is 24.0 Å². The Hall–Kier alpha value is -2.19. The maximum Gasteiger partial charge on any atom is 0.272 e. The third-order valence-corrected chi connectivity index (χ3v) is 5.68. The van der Waals surface area contributed by atoms with E-state index in [0.717, 1.165) is 18.8 Å². The molecule has 3 saturated heterocycles. The maximum absolute atomic E-state index is 12.9. The fourth-order valence-corrected chi connectivity index (χ4v) is 4.01. The first kappa shape index (κ1) is 18.2. The first-order valence-corrected chi connectivity index (χ1v) is 9.60. The first-order valence-electron chi connectivity index (χ1n) is 9.60. The summed E-state index contributed by atoms with van der Waals surface area (Å²) < 4.78 is 11.5. The Labute approximate surface area is 159 Å². The average Bonchev–Trinajstić information content (AvgIpc) is 3.16. The molecule has 1 aromatic rings. The molecule has 0 bridgehead atoms. The number of carbonyl (C=O) groups is 2. The highest BCUT2D eigenvalue weighted by Crippen LogP contribution is 2.31. The SMILES string of the molecule is CC(=O)N1CCN(c2ccnc(C(=O)N3CCC4(CC3)OCCO4)c2)CC1. The van der Waals surface area contributed by atoms with Crippen molar-refractivity contribution in [2.45, 2.75) is 25.6 Å². The van der Waals surface area contributed by atoms with Crippen LogP contribution < -0.4 is 4.90 Å². The van der Waals surface area contributed by atoms with E-state index >= 15 is 0 Å². The summed E-state index contributed by atoms with van der Waals surface area (Å²) in [6, 6.07) is 3.78. The van der Waals surface area contributed by atoms with E-state index in [1.165, 1.54) is 0 Å². The number of ether oxygens (including phenoxy) is 2. The van der Waals surface area contributed by atoms with Gasteiger partial charge in [-0.1, -0.05) is 0 Å². The Morgan fingerprint density at radius 3 is 2.30 bits per heavy atom. The summed E-state index contributed by atoms with van der Waals surface area (Å²) >= 11 is 0. The molecule has 8 heteroatoms. The molecule has 8 nitrogen and oxygen atoms in total. The van der Waals surface area contributed by atoms with Gasteiger partial charge >= 0.3 is 0 Å². The van der Waals surface area contributed by atoms with Crippen LogP contribution in [0.5, 0.6) is 0 Å². The van der Waals surface area contributed by atoms with E-state index in [1.807, 2.05) is 21.9 Å². The van der Waals surface area contributed by atoms with Crippen LogP contribution in [0.25, 0.3) is 0 Å². The van der Waals surface area contributed by atoms with Gasteiger partial charge in [-0.3, -0.25) is 14.6 Å². The minimum atomic E-state index is -0.484. The predicted molar refractivity (Wildman–Crippen MR) is 98.5 cm³/mol. The first-order chi connectivity index (χ1) is 13.1. The fraction of sp³-hybridized carbons (Fsp3) is 0.632. The maximum atomic E-state index is 12.9. The fourth-order valence-electron chi connectivity index (χ4n) is 4.01. The number of hydrogen-bond donors (Lipinski definition) is 0. The molecule has 1 spiro atoms. The zero-order valence-corrected chi connectivity index (χ0v) is 15.7. The Bertz CT molecular complexity index is 701. The van der Waals surface area contributed by atoms with Crippen molar-refractivity contribution >= 4 is 17.5 Å². The van der Waals surface area contributed by atoms with E-state index in [2.05, 4.69) is 9.88 Å². The molecule has 0 aliphatic carbocycles. The number of amides is 2. The van der Waals surface area contributed by atoms with Gasteiger partial charge in [0.25, 0.3) is 5.91 Å². The number of aromatic nitrogens is 1. The van der Waals surface area contributed by atoms with E-state index in [-0.39, 0.29) is 11.8 Å². The summed E-state index contributed by atoms with van der Waals surface area (Å²) in [5.74, 6) is -0.423. The van der Waals surface area contributed by atoms with Crippen LogP contribution in [-0.2, 0) is 14.3 Å². The summed E-state index contributed by atoms with van der Waals surface area (Å²) in [5, 5.41) is 0. The van der Waals surface area contributed by atoms with Gasteiger partial charge in [-0.15, -0.1) is 0 Å². The van der Waals surface area contributed by atoms with Crippen LogP contribution in [0.3, 0.4) is 0 Å². The monoisotopic (exact) mass is 374 g/mol. The number of carbonyl (C=O) groups excluding carboxylic acids is 2. The summed E-state index contributed by atoms with van der Waals surface area (Å²) in [6.07, 6.45) is 3.09. The number of anilines is 1. The highest BCUT2D eigenvalue weighted by Gasteiger charge is 2.41. The lowest BCUT2D eigenvalue weighted by molar-refractivity contribution is -0.181. The number of hydrogen-bond acceptors (Lipinski definition) is 6. The molecule has 27 heavy (non-hydrogen) atoms. The number of piperidine rings is 1. The Kier molecular flexibility index (Phi) is 5.01. The second-order valence-corrected chi connectivity index (χ2v) is 7.29. The normalized spacial score (nSPS) is 22.3. The third-order valence-electron chi connectivity index (χ3n) is 5.68. The van der Waals surface area contributed by atoms with Crippen molar-refractivity contribution in [1.82, 2.24) is 14.8 Å².